The summed E-state index contributed by atoms with van der Waals surface area (Å²) in [5.41, 5.74) is -0.374. The summed E-state index contributed by atoms with van der Waals surface area (Å²) in [4.78, 5) is 15.2. The normalized spacial score (nSPS) is 39.4. The molecule has 1 aliphatic carbocycles. The standard InChI is InChI=1S/C17H30N2O2/c1-4-17(3)16(20)19(12(2)14-9-10-21-11-14)15(18-17)13-7-5-6-8-13/h12-15,18H,4-11H2,1-3H3. The van der Waals surface area contributed by atoms with E-state index in [0.29, 0.717) is 17.7 Å². The Kier molecular flexibility index (Phi) is 4.28. The summed E-state index contributed by atoms with van der Waals surface area (Å²) in [7, 11) is 0. The topological polar surface area (TPSA) is 41.6 Å². The molecule has 21 heavy (non-hydrogen) atoms. The molecule has 3 fully saturated rings. The molecule has 2 saturated heterocycles. The fourth-order valence-electron chi connectivity index (χ4n) is 4.34. The Hall–Kier alpha value is -0.610. The minimum atomic E-state index is -0.374. The van der Waals surface area contributed by atoms with Crippen molar-refractivity contribution in [1.82, 2.24) is 10.2 Å². The van der Waals surface area contributed by atoms with Crippen molar-refractivity contribution >= 4 is 5.91 Å². The van der Waals surface area contributed by atoms with Crippen LogP contribution >= 0.6 is 0 Å². The monoisotopic (exact) mass is 294 g/mol. The highest BCUT2D eigenvalue weighted by Crippen LogP contribution is 2.38. The Bertz CT molecular complexity index is 388. The molecule has 2 heterocycles. The molecule has 1 saturated carbocycles. The third-order valence-corrected chi connectivity index (χ3v) is 6.11. The van der Waals surface area contributed by atoms with Gasteiger partial charge >= 0.3 is 0 Å². The largest absolute Gasteiger partial charge is 0.381 e. The van der Waals surface area contributed by atoms with Crippen LogP contribution in [0.1, 0.15) is 59.3 Å². The van der Waals surface area contributed by atoms with Crippen LogP contribution in [0.3, 0.4) is 0 Å². The molecular formula is C17H30N2O2. The lowest BCUT2D eigenvalue weighted by atomic mass is 9.95. The van der Waals surface area contributed by atoms with E-state index in [1.165, 1.54) is 25.7 Å². The molecule has 2 aliphatic heterocycles. The van der Waals surface area contributed by atoms with Gasteiger partial charge in [0.05, 0.1) is 18.3 Å². The van der Waals surface area contributed by atoms with Gasteiger partial charge < -0.3 is 9.64 Å². The fraction of sp³-hybridized carbons (Fsp3) is 0.941. The number of carbonyl (C=O) groups excluding carboxylic acids is 1. The van der Waals surface area contributed by atoms with Crippen LogP contribution in [-0.2, 0) is 9.53 Å². The Morgan fingerprint density at radius 2 is 2.10 bits per heavy atom. The maximum atomic E-state index is 13.0. The Morgan fingerprint density at radius 3 is 2.67 bits per heavy atom. The summed E-state index contributed by atoms with van der Waals surface area (Å²) in [5, 5.41) is 3.70. The number of nitrogens with one attached hydrogen (secondary N) is 1. The summed E-state index contributed by atoms with van der Waals surface area (Å²) < 4.78 is 5.55. The molecule has 3 aliphatic rings. The molecule has 0 spiro atoms. The van der Waals surface area contributed by atoms with Crippen LogP contribution in [0.25, 0.3) is 0 Å². The van der Waals surface area contributed by atoms with E-state index in [2.05, 4.69) is 31.0 Å². The van der Waals surface area contributed by atoms with E-state index in [9.17, 15) is 4.79 Å². The molecule has 1 N–H and O–H groups in total. The van der Waals surface area contributed by atoms with Gasteiger partial charge in [0.25, 0.3) is 0 Å². The first kappa shape index (κ1) is 15.3. The lowest BCUT2D eigenvalue weighted by Crippen LogP contribution is -2.49. The highest BCUT2D eigenvalue weighted by Gasteiger charge is 2.52. The van der Waals surface area contributed by atoms with Gasteiger partial charge in [0, 0.05) is 18.6 Å². The van der Waals surface area contributed by atoms with Gasteiger partial charge in [0.15, 0.2) is 0 Å². The molecular weight excluding hydrogens is 264 g/mol. The van der Waals surface area contributed by atoms with E-state index in [1.54, 1.807) is 0 Å². The summed E-state index contributed by atoms with van der Waals surface area (Å²) in [6, 6.07) is 0.284. The van der Waals surface area contributed by atoms with E-state index < -0.39 is 0 Å². The van der Waals surface area contributed by atoms with Gasteiger partial charge in [0.2, 0.25) is 5.91 Å². The predicted molar refractivity (Wildman–Crippen MR) is 82.8 cm³/mol. The molecule has 1 amide bonds. The smallest absolute Gasteiger partial charge is 0.244 e. The van der Waals surface area contributed by atoms with Crippen LogP contribution < -0.4 is 5.32 Å². The number of hydrogen-bond donors (Lipinski definition) is 1. The molecule has 4 nitrogen and oxygen atoms in total. The third-order valence-electron chi connectivity index (χ3n) is 6.11. The highest BCUT2D eigenvalue weighted by molar-refractivity contribution is 5.88. The first-order valence-electron chi connectivity index (χ1n) is 8.75. The van der Waals surface area contributed by atoms with Crippen molar-refractivity contribution in [3.8, 4) is 0 Å². The number of nitrogens with zero attached hydrogens (tertiary/aromatic N) is 1. The highest BCUT2D eigenvalue weighted by atomic mass is 16.5. The number of amides is 1. The van der Waals surface area contributed by atoms with Crippen molar-refractivity contribution < 1.29 is 9.53 Å². The molecule has 0 bridgehead atoms. The average molecular weight is 294 g/mol. The van der Waals surface area contributed by atoms with E-state index in [1.807, 2.05) is 0 Å². The van der Waals surface area contributed by atoms with Gasteiger partial charge in [-0.2, -0.15) is 0 Å². The van der Waals surface area contributed by atoms with Crippen LogP contribution in [0.4, 0.5) is 0 Å². The first-order valence-corrected chi connectivity index (χ1v) is 8.75. The fourth-order valence-corrected chi connectivity index (χ4v) is 4.34. The lowest BCUT2D eigenvalue weighted by molar-refractivity contribution is -0.136. The summed E-state index contributed by atoms with van der Waals surface area (Å²) in [6.07, 6.45) is 7.33. The summed E-state index contributed by atoms with van der Waals surface area (Å²) in [5.74, 6) is 1.44. The van der Waals surface area contributed by atoms with Gasteiger partial charge in [0.1, 0.15) is 0 Å². The van der Waals surface area contributed by atoms with Crippen LogP contribution in [0.15, 0.2) is 0 Å². The van der Waals surface area contributed by atoms with Crippen molar-refractivity contribution in [2.24, 2.45) is 11.8 Å². The van der Waals surface area contributed by atoms with Gasteiger partial charge in [-0.25, -0.2) is 0 Å². The predicted octanol–water partition coefficient (Wildman–Crippen LogP) is 2.53. The van der Waals surface area contributed by atoms with Gasteiger partial charge in [-0.15, -0.1) is 0 Å². The molecule has 0 aromatic rings. The van der Waals surface area contributed by atoms with Gasteiger partial charge in [-0.05, 0) is 45.4 Å². The van der Waals surface area contributed by atoms with Crippen LogP contribution in [0.2, 0.25) is 0 Å². The zero-order chi connectivity index (χ0) is 15.0. The molecule has 4 heteroatoms. The average Bonchev–Trinajstić information content (AvgIpc) is 3.20. The van der Waals surface area contributed by atoms with E-state index >= 15 is 0 Å². The minimum absolute atomic E-state index is 0.237. The molecule has 4 atom stereocenters. The van der Waals surface area contributed by atoms with E-state index in [4.69, 9.17) is 4.74 Å². The Balaban J connectivity index is 1.83. The van der Waals surface area contributed by atoms with Crippen molar-refractivity contribution in [3.63, 3.8) is 0 Å². The zero-order valence-electron chi connectivity index (χ0n) is 13.7. The molecule has 4 unspecified atom stereocenters. The second-order valence-electron chi connectivity index (χ2n) is 7.40. The molecule has 120 valence electrons. The van der Waals surface area contributed by atoms with Crippen molar-refractivity contribution in [2.75, 3.05) is 13.2 Å². The van der Waals surface area contributed by atoms with E-state index in [-0.39, 0.29) is 17.7 Å². The first-order chi connectivity index (χ1) is 10.1. The zero-order valence-corrected chi connectivity index (χ0v) is 13.7. The van der Waals surface area contributed by atoms with Crippen LogP contribution in [0.5, 0.6) is 0 Å². The second kappa shape index (κ2) is 5.88. The number of carbonyl (C=O) groups is 1. The Morgan fingerprint density at radius 1 is 1.38 bits per heavy atom. The van der Waals surface area contributed by atoms with Crippen molar-refractivity contribution in [2.45, 2.75) is 77.0 Å². The Labute approximate surface area is 128 Å². The van der Waals surface area contributed by atoms with Crippen molar-refractivity contribution in [3.05, 3.63) is 0 Å². The number of hydrogen-bond acceptors (Lipinski definition) is 3. The third kappa shape index (κ3) is 2.61. The minimum Gasteiger partial charge on any atom is -0.381 e. The van der Waals surface area contributed by atoms with Crippen LogP contribution in [-0.4, -0.2) is 41.8 Å². The summed E-state index contributed by atoms with van der Waals surface area (Å²) in [6.45, 7) is 8.08. The number of rotatable bonds is 4. The quantitative estimate of drug-likeness (QED) is 0.866. The lowest BCUT2D eigenvalue weighted by Gasteiger charge is -2.36. The maximum Gasteiger partial charge on any atom is 0.244 e. The molecule has 0 radical (unpaired) electrons. The van der Waals surface area contributed by atoms with Gasteiger partial charge in [-0.1, -0.05) is 19.8 Å². The number of ether oxygens (including phenoxy) is 1. The molecule has 0 aromatic heterocycles. The summed E-state index contributed by atoms with van der Waals surface area (Å²) >= 11 is 0. The maximum absolute atomic E-state index is 13.0. The van der Waals surface area contributed by atoms with Crippen LogP contribution in [0, 0.1) is 11.8 Å². The van der Waals surface area contributed by atoms with E-state index in [0.717, 1.165) is 26.1 Å². The molecule has 3 rings (SSSR count). The van der Waals surface area contributed by atoms with Crippen molar-refractivity contribution in [1.29, 1.82) is 0 Å². The van der Waals surface area contributed by atoms with Gasteiger partial charge in [-0.3, -0.25) is 10.1 Å². The molecule has 0 aromatic carbocycles. The second-order valence-corrected chi connectivity index (χ2v) is 7.40. The SMILES string of the molecule is CCC1(C)NC(C2CCCC2)N(C(C)C2CCOC2)C1=O.